The molecule has 0 aliphatic rings. The third kappa shape index (κ3) is 5.38. The molecule has 2 aromatic rings. The quantitative estimate of drug-likeness (QED) is 0.516. The van der Waals surface area contributed by atoms with E-state index in [2.05, 4.69) is 10.6 Å². The monoisotopic (exact) mass is 399 g/mol. The summed E-state index contributed by atoms with van der Waals surface area (Å²) in [6, 6.07) is 7.80. The number of benzene rings is 2. The average molecular weight is 399 g/mol. The number of carboxylic acids is 1. The van der Waals surface area contributed by atoms with Crippen LogP contribution >= 0.6 is 0 Å². The van der Waals surface area contributed by atoms with E-state index >= 15 is 0 Å². The van der Waals surface area contributed by atoms with E-state index in [0.717, 1.165) is 23.8 Å². The van der Waals surface area contributed by atoms with Crippen molar-refractivity contribution >= 4 is 34.8 Å². The first-order chi connectivity index (χ1) is 13.4. The molecule has 2 aromatic carbocycles. The lowest BCUT2D eigenvalue weighted by Crippen LogP contribution is -2.28. The topological polar surface area (TPSA) is 139 Å². The van der Waals surface area contributed by atoms with Crippen molar-refractivity contribution in [2.45, 2.75) is 27.7 Å². The predicted octanol–water partition coefficient (Wildman–Crippen LogP) is 3.84. The minimum atomic E-state index is -1.38. The number of non-ortho nitro benzene ring substituents is 1. The largest absolute Gasteiger partial charge is 0.478 e. The highest BCUT2D eigenvalue weighted by molar-refractivity contribution is 6.06. The number of hydrogen-bond donors (Lipinski definition) is 3. The molecule has 0 unspecified atom stereocenters. The van der Waals surface area contributed by atoms with Gasteiger partial charge in [0, 0.05) is 34.5 Å². The number of nitrogens with zero attached hydrogens (tertiary/aromatic N) is 1. The van der Waals surface area contributed by atoms with E-state index in [1.54, 1.807) is 45.9 Å². The van der Waals surface area contributed by atoms with Crippen molar-refractivity contribution in [3.8, 4) is 0 Å². The summed E-state index contributed by atoms with van der Waals surface area (Å²) in [6.07, 6.45) is 0. The summed E-state index contributed by atoms with van der Waals surface area (Å²) in [4.78, 5) is 46.2. The number of rotatable bonds is 5. The lowest BCUT2D eigenvalue weighted by Gasteiger charge is -2.19. The number of nitrogens with one attached hydrogen (secondary N) is 2. The Morgan fingerprint density at radius 2 is 1.62 bits per heavy atom. The highest BCUT2D eigenvalue weighted by Crippen LogP contribution is 2.24. The number of amides is 2. The Morgan fingerprint density at radius 1 is 1.00 bits per heavy atom. The Bertz CT molecular complexity index is 976. The van der Waals surface area contributed by atoms with Crippen LogP contribution in [0.5, 0.6) is 0 Å². The smallest absolute Gasteiger partial charge is 0.335 e. The molecule has 9 heteroatoms. The molecule has 0 heterocycles. The van der Waals surface area contributed by atoms with Gasteiger partial charge in [0.1, 0.15) is 0 Å². The number of anilines is 2. The van der Waals surface area contributed by atoms with Crippen molar-refractivity contribution in [2.75, 3.05) is 10.6 Å². The Kier molecular flexibility index (Phi) is 6.01. The van der Waals surface area contributed by atoms with Crippen LogP contribution in [0.1, 0.15) is 47.1 Å². The molecule has 9 nitrogen and oxygen atoms in total. The summed E-state index contributed by atoms with van der Waals surface area (Å²) >= 11 is 0. The second kappa shape index (κ2) is 8.09. The summed E-state index contributed by atoms with van der Waals surface area (Å²) < 4.78 is 0. The SMILES string of the molecule is Cc1ccc(NC(=O)c2cc(C(=O)O)cc([N+](=O)[O-])c2)cc1NC(=O)C(C)(C)C. The number of hydrogen-bond acceptors (Lipinski definition) is 5. The van der Waals surface area contributed by atoms with E-state index in [1.807, 2.05) is 0 Å². The molecule has 0 radical (unpaired) electrons. The first kappa shape index (κ1) is 21.5. The van der Waals surface area contributed by atoms with Gasteiger partial charge in [0.2, 0.25) is 5.91 Å². The molecule has 29 heavy (non-hydrogen) atoms. The normalized spacial score (nSPS) is 10.9. The number of aromatic carboxylic acids is 1. The van der Waals surface area contributed by atoms with Crippen LogP contribution in [-0.2, 0) is 4.79 Å². The van der Waals surface area contributed by atoms with Gasteiger partial charge in [0.15, 0.2) is 0 Å². The van der Waals surface area contributed by atoms with Crippen molar-refractivity contribution in [1.82, 2.24) is 0 Å². The fraction of sp³-hybridized carbons (Fsp3) is 0.250. The van der Waals surface area contributed by atoms with Gasteiger partial charge in [0.05, 0.1) is 10.5 Å². The van der Waals surface area contributed by atoms with E-state index in [-0.39, 0.29) is 17.0 Å². The minimum absolute atomic E-state index is 0.169. The van der Waals surface area contributed by atoms with Crippen LogP contribution < -0.4 is 10.6 Å². The number of carbonyl (C=O) groups excluding carboxylic acids is 2. The van der Waals surface area contributed by atoms with Crippen LogP contribution in [0.15, 0.2) is 36.4 Å². The predicted molar refractivity (Wildman–Crippen MR) is 107 cm³/mol. The van der Waals surface area contributed by atoms with Gasteiger partial charge in [-0.1, -0.05) is 26.8 Å². The maximum atomic E-state index is 12.5. The zero-order valence-corrected chi connectivity index (χ0v) is 16.4. The molecule has 0 saturated heterocycles. The van der Waals surface area contributed by atoms with Crippen LogP contribution in [0.25, 0.3) is 0 Å². The molecule has 152 valence electrons. The van der Waals surface area contributed by atoms with Crippen molar-refractivity contribution in [3.05, 3.63) is 63.2 Å². The Labute approximate surface area is 166 Å². The van der Waals surface area contributed by atoms with E-state index in [0.29, 0.717) is 11.4 Å². The highest BCUT2D eigenvalue weighted by atomic mass is 16.6. The fourth-order valence-corrected chi connectivity index (χ4v) is 2.32. The van der Waals surface area contributed by atoms with Gasteiger partial charge in [0.25, 0.3) is 11.6 Å². The minimum Gasteiger partial charge on any atom is -0.478 e. The van der Waals surface area contributed by atoms with Gasteiger partial charge in [-0.15, -0.1) is 0 Å². The molecule has 0 atom stereocenters. The number of nitro benzene ring substituents is 1. The molecular weight excluding hydrogens is 378 g/mol. The first-order valence-electron chi connectivity index (χ1n) is 8.64. The highest BCUT2D eigenvalue weighted by Gasteiger charge is 2.22. The zero-order valence-electron chi connectivity index (χ0n) is 16.4. The van der Waals surface area contributed by atoms with Crippen LogP contribution in [0.2, 0.25) is 0 Å². The van der Waals surface area contributed by atoms with E-state index in [9.17, 15) is 24.5 Å². The Hall–Kier alpha value is -3.75. The van der Waals surface area contributed by atoms with Gasteiger partial charge in [-0.2, -0.15) is 0 Å². The van der Waals surface area contributed by atoms with Crippen LogP contribution in [-0.4, -0.2) is 27.8 Å². The molecule has 0 spiro atoms. The number of carbonyl (C=O) groups is 3. The molecule has 0 bridgehead atoms. The molecule has 0 fully saturated rings. The van der Waals surface area contributed by atoms with Crippen LogP contribution in [0, 0.1) is 22.5 Å². The maximum Gasteiger partial charge on any atom is 0.335 e. The number of nitro groups is 1. The number of aryl methyl sites for hydroxylation is 1. The molecule has 3 N–H and O–H groups in total. The van der Waals surface area contributed by atoms with Gasteiger partial charge in [-0.3, -0.25) is 19.7 Å². The third-order valence-corrected chi connectivity index (χ3v) is 4.06. The second-order valence-corrected chi connectivity index (χ2v) is 7.52. The molecule has 0 aliphatic carbocycles. The molecule has 0 saturated carbocycles. The number of carboxylic acid groups (broad SMARTS) is 1. The van der Waals surface area contributed by atoms with Gasteiger partial charge < -0.3 is 15.7 Å². The third-order valence-electron chi connectivity index (χ3n) is 4.06. The standard InChI is InChI=1S/C20H21N3O6/c1-11-5-6-14(10-16(11)22-19(27)20(2,3)4)21-17(24)12-7-13(18(25)26)9-15(8-12)23(28)29/h5-10H,1-4H3,(H,21,24)(H,22,27)(H,25,26). The molecule has 0 aliphatic heterocycles. The van der Waals surface area contributed by atoms with Crippen LogP contribution in [0.4, 0.5) is 17.1 Å². The van der Waals surface area contributed by atoms with Crippen molar-refractivity contribution < 1.29 is 24.4 Å². The van der Waals surface area contributed by atoms with Gasteiger partial charge in [-0.05, 0) is 30.7 Å². The van der Waals surface area contributed by atoms with Crippen molar-refractivity contribution in [1.29, 1.82) is 0 Å². The van der Waals surface area contributed by atoms with E-state index in [4.69, 9.17) is 5.11 Å². The maximum absolute atomic E-state index is 12.5. The molecule has 0 aromatic heterocycles. The molecule has 2 rings (SSSR count). The summed E-state index contributed by atoms with van der Waals surface area (Å²) in [5, 5.41) is 25.5. The zero-order chi connectivity index (χ0) is 21.9. The molecule has 2 amide bonds. The van der Waals surface area contributed by atoms with E-state index < -0.39 is 27.9 Å². The lowest BCUT2D eigenvalue weighted by atomic mass is 9.95. The van der Waals surface area contributed by atoms with Gasteiger partial charge >= 0.3 is 5.97 Å². The summed E-state index contributed by atoms with van der Waals surface area (Å²) in [5.41, 5.74) is -0.0201. The fourth-order valence-electron chi connectivity index (χ4n) is 2.32. The van der Waals surface area contributed by atoms with Gasteiger partial charge in [-0.25, -0.2) is 4.79 Å². The lowest BCUT2D eigenvalue weighted by molar-refractivity contribution is -0.384. The average Bonchev–Trinajstić information content (AvgIpc) is 2.63. The Morgan fingerprint density at radius 3 is 2.17 bits per heavy atom. The van der Waals surface area contributed by atoms with E-state index in [1.165, 1.54) is 0 Å². The first-order valence-corrected chi connectivity index (χ1v) is 8.64. The second-order valence-electron chi connectivity index (χ2n) is 7.52. The summed E-state index contributed by atoms with van der Waals surface area (Å²) in [7, 11) is 0. The van der Waals surface area contributed by atoms with Crippen molar-refractivity contribution in [3.63, 3.8) is 0 Å². The Balaban J connectivity index is 2.32. The summed E-state index contributed by atoms with van der Waals surface area (Å²) in [5.74, 6) is -2.30. The van der Waals surface area contributed by atoms with Crippen LogP contribution in [0.3, 0.4) is 0 Å². The molecular formula is C20H21N3O6. The van der Waals surface area contributed by atoms with Crippen molar-refractivity contribution in [2.24, 2.45) is 5.41 Å². The summed E-state index contributed by atoms with van der Waals surface area (Å²) in [6.45, 7) is 7.10.